The lowest BCUT2D eigenvalue weighted by atomic mass is 10.1. The Morgan fingerprint density at radius 3 is 2.76 bits per heavy atom. The van der Waals surface area contributed by atoms with Crippen molar-refractivity contribution in [3.05, 3.63) is 0 Å². The molecule has 0 aliphatic carbocycles. The molecule has 0 bridgehead atoms. The largest absolute Gasteiger partial charge is 0.298 e. The Balaban J connectivity index is 2.34. The third-order valence-electron chi connectivity index (χ3n) is 3.09. The topological polar surface area (TPSA) is 54.5 Å². The van der Waals surface area contributed by atoms with Crippen LogP contribution in [0.2, 0.25) is 0 Å². The molecule has 0 spiro atoms. The van der Waals surface area contributed by atoms with Crippen molar-refractivity contribution in [3.8, 4) is 0 Å². The van der Waals surface area contributed by atoms with Crippen molar-refractivity contribution >= 4 is 27.4 Å². The van der Waals surface area contributed by atoms with Crippen LogP contribution < -0.4 is 0 Å². The van der Waals surface area contributed by atoms with Gasteiger partial charge in [-0.15, -0.1) is 0 Å². The highest BCUT2D eigenvalue weighted by Gasteiger charge is 2.25. The predicted octanol–water partition coefficient (Wildman–Crippen LogP) is 0.818. The summed E-state index contributed by atoms with van der Waals surface area (Å²) in [5.74, 6) is 2.41. The second-order valence-electron chi connectivity index (χ2n) is 4.38. The molecule has 0 N–H and O–H groups in total. The number of nitrogens with zero attached hydrogens (tertiary/aromatic N) is 1. The van der Waals surface area contributed by atoms with Crippen LogP contribution in [0.1, 0.15) is 19.8 Å². The fourth-order valence-corrected chi connectivity index (χ4v) is 3.92. The lowest BCUT2D eigenvalue weighted by Crippen LogP contribution is -2.44. The Kier molecular flexibility index (Phi) is 5.95. The van der Waals surface area contributed by atoms with Gasteiger partial charge in [0, 0.05) is 30.2 Å². The zero-order chi connectivity index (χ0) is 12.9. The second kappa shape index (κ2) is 6.75. The maximum absolute atomic E-state index is 11.9. The summed E-state index contributed by atoms with van der Waals surface area (Å²) in [7, 11) is -0.967. The molecule has 1 atom stereocenters. The molecule has 100 valence electrons. The van der Waals surface area contributed by atoms with Crippen LogP contribution in [-0.2, 0) is 14.6 Å². The minimum absolute atomic E-state index is 0.0157. The second-order valence-corrected chi connectivity index (χ2v) is 8.00. The van der Waals surface area contributed by atoms with E-state index in [9.17, 15) is 13.2 Å². The van der Waals surface area contributed by atoms with Gasteiger partial charge in [-0.3, -0.25) is 9.69 Å². The molecule has 0 amide bonds. The molecule has 0 saturated carbocycles. The smallest absolute Gasteiger partial charge is 0.150 e. The predicted molar refractivity (Wildman–Crippen MR) is 72.3 cm³/mol. The first-order chi connectivity index (χ1) is 7.96. The first kappa shape index (κ1) is 15.0. The molecule has 1 fully saturated rings. The minimum Gasteiger partial charge on any atom is -0.298 e. The van der Waals surface area contributed by atoms with E-state index in [2.05, 4.69) is 4.90 Å². The van der Waals surface area contributed by atoms with Gasteiger partial charge in [0.2, 0.25) is 0 Å². The summed E-state index contributed by atoms with van der Waals surface area (Å²) in [6, 6.07) is -0.0157. The van der Waals surface area contributed by atoms with Gasteiger partial charge in [0.15, 0.2) is 5.78 Å². The van der Waals surface area contributed by atoms with Crippen LogP contribution in [0.15, 0.2) is 0 Å². The van der Waals surface area contributed by atoms with Crippen molar-refractivity contribution in [1.82, 2.24) is 4.90 Å². The highest BCUT2D eigenvalue weighted by atomic mass is 32.2. The Morgan fingerprint density at radius 1 is 1.47 bits per heavy atom. The van der Waals surface area contributed by atoms with E-state index in [0.717, 1.165) is 18.1 Å². The molecule has 1 rings (SSSR count). The molecule has 0 aromatic carbocycles. The highest BCUT2D eigenvalue weighted by Crippen LogP contribution is 2.17. The lowest BCUT2D eigenvalue weighted by molar-refractivity contribution is -0.123. The molecule has 1 heterocycles. The Hall–Kier alpha value is -0.0700. The van der Waals surface area contributed by atoms with Crippen LogP contribution >= 0.6 is 11.8 Å². The number of rotatable bonds is 6. The molecule has 4 nitrogen and oxygen atoms in total. The summed E-state index contributed by atoms with van der Waals surface area (Å²) in [5, 5.41) is 0. The molecular formula is C11H21NO3S2. The normalized spacial score (nSPS) is 22.6. The van der Waals surface area contributed by atoms with Gasteiger partial charge in [-0.2, -0.15) is 11.8 Å². The van der Waals surface area contributed by atoms with E-state index in [-0.39, 0.29) is 23.3 Å². The van der Waals surface area contributed by atoms with Crippen LogP contribution in [0.4, 0.5) is 0 Å². The maximum atomic E-state index is 11.9. The van der Waals surface area contributed by atoms with E-state index in [1.807, 2.05) is 7.05 Å². The number of carbonyl (C=O) groups is 1. The summed E-state index contributed by atoms with van der Waals surface area (Å²) < 4.78 is 22.6. The number of ketones is 1. The standard InChI is InChI=1S/C11H21NO3S2/c1-3-17(14,15)8-4-5-11(13)10-9-16-7-6-12(10)2/h10H,3-9H2,1-2H3. The molecule has 0 aromatic heterocycles. The number of carbonyl (C=O) groups excluding carboxylic acids is 1. The van der Waals surface area contributed by atoms with E-state index in [4.69, 9.17) is 0 Å². The Labute approximate surface area is 108 Å². The number of thioether (sulfide) groups is 1. The third kappa shape index (κ3) is 4.97. The van der Waals surface area contributed by atoms with E-state index in [1.165, 1.54) is 0 Å². The van der Waals surface area contributed by atoms with Gasteiger partial charge in [-0.1, -0.05) is 6.92 Å². The van der Waals surface area contributed by atoms with Gasteiger partial charge in [-0.05, 0) is 13.5 Å². The van der Waals surface area contributed by atoms with Crippen molar-refractivity contribution < 1.29 is 13.2 Å². The number of Topliss-reactive ketones (excluding diaryl/α,β-unsaturated/α-hetero) is 1. The summed E-state index contributed by atoms with van der Waals surface area (Å²) in [6.45, 7) is 2.58. The molecule has 1 unspecified atom stereocenters. The molecule has 0 radical (unpaired) electrons. The lowest BCUT2D eigenvalue weighted by Gasteiger charge is -2.30. The molecule has 1 aliphatic heterocycles. The van der Waals surface area contributed by atoms with Crippen molar-refractivity contribution in [2.24, 2.45) is 0 Å². The Morgan fingerprint density at radius 2 is 2.18 bits per heavy atom. The van der Waals surface area contributed by atoms with Gasteiger partial charge in [0.25, 0.3) is 0 Å². The SMILES string of the molecule is CCS(=O)(=O)CCCC(=O)C1CSCCN1C. The van der Waals surface area contributed by atoms with Gasteiger partial charge >= 0.3 is 0 Å². The van der Waals surface area contributed by atoms with Crippen molar-refractivity contribution in [1.29, 1.82) is 0 Å². The fraction of sp³-hybridized carbons (Fsp3) is 0.909. The maximum Gasteiger partial charge on any atom is 0.150 e. The first-order valence-corrected chi connectivity index (χ1v) is 8.95. The fourth-order valence-electron chi connectivity index (χ4n) is 1.80. The molecule has 0 aromatic rings. The molecule has 1 aliphatic rings. The minimum atomic E-state index is -2.93. The summed E-state index contributed by atoms with van der Waals surface area (Å²) in [5.41, 5.74) is 0. The van der Waals surface area contributed by atoms with Gasteiger partial charge in [-0.25, -0.2) is 8.42 Å². The Bertz CT molecular complexity index is 354. The third-order valence-corrected chi connectivity index (χ3v) is 5.90. The van der Waals surface area contributed by atoms with Crippen molar-refractivity contribution in [2.45, 2.75) is 25.8 Å². The average Bonchev–Trinajstić information content (AvgIpc) is 2.29. The van der Waals surface area contributed by atoms with Crippen molar-refractivity contribution in [3.63, 3.8) is 0 Å². The summed E-state index contributed by atoms with van der Waals surface area (Å²) >= 11 is 1.80. The van der Waals surface area contributed by atoms with E-state index >= 15 is 0 Å². The van der Waals surface area contributed by atoms with Crippen molar-refractivity contribution in [2.75, 3.05) is 36.6 Å². The van der Waals surface area contributed by atoms with Gasteiger partial charge < -0.3 is 0 Å². The molecule has 1 saturated heterocycles. The van der Waals surface area contributed by atoms with Crippen LogP contribution in [0, 0.1) is 0 Å². The van der Waals surface area contributed by atoms with E-state index in [0.29, 0.717) is 12.8 Å². The van der Waals surface area contributed by atoms with Crippen LogP contribution in [0.5, 0.6) is 0 Å². The van der Waals surface area contributed by atoms with Crippen LogP contribution in [0.25, 0.3) is 0 Å². The number of hydrogen-bond acceptors (Lipinski definition) is 5. The number of likely N-dealkylation sites (N-methyl/N-ethyl adjacent to an activating group) is 1. The molecular weight excluding hydrogens is 258 g/mol. The first-order valence-electron chi connectivity index (χ1n) is 5.97. The zero-order valence-electron chi connectivity index (χ0n) is 10.5. The summed E-state index contributed by atoms with van der Waals surface area (Å²) in [4.78, 5) is 14.0. The van der Waals surface area contributed by atoms with Gasteiger partial charge in [0.1, 0.15) is 9.84 Å². The summed E-state index contributed by atoms with van der Waals surface area (Å²) in [6.07, 6.45) is 0.846. The average molecular weight is 279 g/mol. The van der Waals surface area contributed by atoms with E-state index < -0.39 is 9.84 Å². The quantitative estimate of drug-likeness (QED) is 0.720. The molecule has 6 heteroatoms. The molecule has 17 heavy (non-hydrogen) atoms. The van der Waals surface area contributed by atoms with Gasteiger partial charge in [0.05, 0.1) is 11.8 Å². The van der Waals surface area contributed by atoms with E-state index in [1.54, 1.807) is 18.7 Å². The highest BCUT2D eigenvalue weighted by molar-refractivity contribution is 7.99. The monoisotopic (exact) mass is 279 g/mol. The zero-order valence-corrected chi connectivity index (χ0v) is 12.1. The number of sulfone groups is 1. The van der Waals surface area contributed by atoms with Crippen LogP contribution in [-0.4, -0.2) is 61.7 Å². The van der Waals surface area contributed by atoms with Crippen LogP contribution in [0.3, 0.4) is 0 Å². The number of hydrogen-bond donors (Lipinski definition) is 0.